The van der Waals surface area contributed by atoms with Crippen LogP contribution in [0.25, 0.3) is 11.8 Å². The van der Waals surface area contributed by atoms with Gasteiger partial charge in [0.15, 0.2) is 11.9 Å². The van der Waals surface area contributed by atoms with Crippen LogP contribution in [0.15, 0.2) is 60.7 Å². The van der Waals surface area contributed by atoms with Crippen molar-refractivity contribution in [3.63, 3.8) is 0 Å². The minimum atomic E-state index is -1.05. The van der Waals surface area contributed by atoms with E-state index in [9.17, 15) is 9.59 Å². The van der Waals surface area contributed by atoms with Crippen molar-refractivity contribution >= 4 is 17.8 Å². The third-order valence-electron chi connectivity index (χ3n) is 4.55. The number of aliphatic carboxylic acids is 1. The van der Waals surface area contributed by atoms with Crippen LogP contribution in [0.4, 0.5) is 0 Å². The number of benzene rings is 2. The van der Waals surface area contributed by atoms with Crippen LogP contribution in [0.3, 0.4) is 0 Å². The Kier molecular flexibility index (Phi) is 5.93. The molecule has 0 fully saturated rings. The smallest absolute Gasteiger partial charge is 0.344 e. The van der Waals surface area contributed by atoms with E-state index in [-0.39, 0.29) is 5.78 Å². The van der Waals surface area contributed by atoms with Crippen molar-refractivity contribution in [3.05, 3.63) is 83.2 Å². The highest BCUT2D eigenvalue weighted by atomic mass is 16.5. The molecule has 29 heavy (non-hydrogen) atoms. The number of aromatic nitrogens is 2. The summed E-state index contributed by atoms with van der Waals surface area (Å²) < 4.78 is 7.13. The number of carboxylic acids is 1. The molecule has 148 valence electrons. The number of hydrogen-bond donors (Lipinski definition) is 1. The highest BCUT2D eigenvalue weighted by Crippen LogP contribution is 2.20. The number of allylic oxidation sites excluding steroid dienone is 1. The summed E-state index contributed by atoms with van der Waals surface area (Å²) in [7, 11) is 0. The molecule has 0 bridgehead atoms. The number of aryl methyl sites for hydroxylation is 1. The average molecular weight is 390 g/mol. The Bertz CT molecular complexity index is 1050. The zero-order chi connectivity index (χ0) is 21.0. The Labute approximate surface area is 169 Å². The number of ketones is 1. The summed E-state index contributed by atoms with van der Waals surface area (Å²) in [5, 5.41) is 13.5. The van der Waals surface area contributed by atoms with Crippen molar-refractivity contribution in [1.29, 1.82) is 0 Å². The molecule has 1 N–H and O–H groups in total. The first-order valence-corrected chi connectivity index (χ1v) is 9.20. The van der Waals surface area contributed by atoms with Crippen molar-refractivity contribution in [2.45, 2.75) is 26.9 Å². The number of ether oxygens (including phenoxy) is 1. The molecule has 3 aromatic rings. The normalized spacial score (nSPS) is 12.1. The van der Waals surface area contributed by atoms with Gasteiger partial charge >= 0.3 is 5.97 Å². The fourth-order valence-electron chi connectivity index (χ4n) is 2.92. The number of carboxylic acid groups (broad SMARTS) is 1. The van der Waals surface area contributed by atoms with Gasteiger partial charge in [-0.15, -0.1) is 0 Å². The Hall–Kier alpha value is -3.67. The van der Waals surface area contributed by atoms with E-state index in [4.69, 9.17) is 9.84 Å². The van der Waals surface area contributed by atoms with Gasteiger partial charge in [0.2, 0.25) is 0 Å². The summed E-state index contributed by atoms with van der Waals surface area (Å²) >= 11 is 0. The van der Waals surface area contributed by atoms with E-state index in [1.807, 2.05) is 48.9 Å². The molecule has 0 aliphatic carbocycles. The van der Waals surface area contributed by atoms with E-state index in [2.05, 4.69) is 5.10 Å². The van der Waals surface area contributed by atoms with Crippen LogP contribution in [-0.2, 0) is 4.79 Å². The number of para-hydroxylation sites is 1. The molecule has 0 aliphatic rings. The van der Waals surface area contributed by atoms with Crippen molar-refractivity contribution in [2.75, 3.05) is 0 Å². The van der Waals surface area contributed by atoms with Gasteiger partial charge in [0.05, 0.1) is 11.4 Å². The summed E-state index contributed by atoms with van der Waals surface area (Å²) in [5.41, 5.74) is 4.14. The number of carbonyl (C=O) groups is 2. The van der Waals surface area contributed by atoms with Crippen LogP contribution in [0.1, 0.15) is 34.2 Å². The Morgan fingerprint density at radius 1 is 1.07 bits per heavy atom. The van der Waals surface area contributed by atoms with Gasteiger partial charge < -0.3 is 9.84 Å². The van der Waals surface area contributed by atoms with Gasteiger partial charge in [0, 0.05) is 16.8 Å². The van der Waals surface area contributed by atoms with Gasteiger partial charge in [-0.1, -0.05) is 18.2 Å². The van der Waals surface area contributed by atoms with Crippen LogP contribution < -0.4 is 4.74 Å². The van der Waals surface area contributed by atoms with Gasteiger partial charge in [-0.05, 0) is 69.3 Å². The van der Waals surface area contributed by atoms with E-state index in [0.717, 1.165) is 22.6 Å². The van der Waals surface area contributed by atoms with Gasteiger partial charge in [-0.25, -0.2) is 9.48 Å². The molecule has 0 aliphatic heterocycles. The summed E-state index contributed by atoms with van der Waals surface area (Å²) in [6, 6.07) is 16.2. The first-order valence-electron chi connectivity index (χ1n) is 9.20. The van der Waals surface area contributed by atoms with Crippen molar-refractivity contribution in [3.8, 4) is 11.4 Å². The maximum atomic E-state index is 12.5. The van der Waals surface area contributed by atoms with E-state index in [1.165, 1.54) is 13.0 Å². The fourth-order valence-corrected chi connectivity index (χ4v) is 2.92. The monoisotopic (exact) mass is 390 g/mol. The predicted molar refractivity (Wildman–Crippen MR) is 111 cm³/mol. The maximum Gasteiger partial charge on any atom is 0.344 e. The molecular weight excluding hydrogens is 368 g/mol. The Balaban J connectivity index is 1.76. The van der Waals surface area contributed by atoms with Gasteiger partial charge in [-0.2, -0.15) is 5.10 Å². The lowest BCUT2D eigenvalue weighted by Crippen LogP contribution is -2.22. The van der Waals surface area contributed by atoms with Crippen molar-refractivity contribution < 1.29 is 19.4 Å². The third kappa shape index (κ3) is 4.60. The molecule has 0 spiro atoms. The van der Waals surface area contributed by atoms with Crippen molar-refractivity contribution in [2.24, 2.45) is 0 Å². The summed E-state index contributed by atoms with van der Waals surface area (Å²) in [4.78, 5) is 23.4. The second kappa shape index (κ2) is 8.56. The van der Waals surface area contributed by atoms with Gasteiger partial charge in [0.1, 0.15) is 5.75 Å². The third-order valence-corrected chi connectivity index (χ3v) is 4.55. The topological polar surface area (TPSA) is 81.4 Å². The van der Waals surface area contributed by atoms with E-state index < -0.39 is 12.1 Å². The molecule has 6 nitrogen and oxygen atoms in total. The molecule has 3 rings (SSSR count). The van der Waals surface area contributed by atoms with E-state index >= 15 is 0 Å². The summed E-state index contributed by atoms with van der Waals surface area (Å²) in [5.74, 6) is -0.805. The minimum absolute atomic E-state index is 0.158. The maximum absolute atomic E-state index is 12.5. The fraction of sp³-hybridized carbons (Fsp3) is 0.174. The van der Waals surface area contributed by atoms with Gasteiger partial charge in [0.25, 0.3) is 0 Å². The molecule has 0 amide bonds. The molecule has 0 unspecified atom stereocenters. The van der Waals surface area contributed by atoms with Crippen LogP contribution in [0, 0.1) is 13.8 Å². The molecule has 2 aromatic carbocycles. The molecule has 0 saturated heterocycles. The Morgan fingerprint density at radius 2 is 1.72 bits per heavy atom. The first-order chi connectivity index (χ1) is 13.9. The summed E-state index contributed by atoms with van der Waals surface area (Å²) in [6.45, 7) is 5.32. The zero-order valence-corrected chi connectivity index (χ0v) is 16.5. The largest absolute Gasteiger partial charge is 0.479 e. The molecule has 1 heterocycles. The highest BCUT2D eigenvalue weighted by Gasteiger charge is 2.13. The second-order valence-electron chi connectivity index (χ2n) is 6.65. The lowest BCUT2D eigenvalue weighted by molar-refractivity contribution is -0.144. The Morgan fingerprint density at radius 3 is 2.34 bits per heavy atom. The molecule has 6 heteroatoms. The molecule has 0 saturated carbocycles. The van der Waals surface area contributed by atoms with Crippen molar-refractivity contribution in [1.82, 2.24) is 9.78 Å². The molecule has 1 atom stereocenters. The minimum Gasteiger partial charge on any atom is -0.479 e. The van der Waals surface area contributed by atoms with E-state index in [1.54, 1.807) is 30.3 Å². The lowest BCUT2D eigenvalue weighted by Gasteiger charge is -2.10. The predicted octanol–water partition coefficient (Wildman–Crippen LogP) is 4.24. The quantitative estimate of drug-likeness (QED) is 0.482. The molecule has 0 radical (unpaired) electrons. The van der Waals surface area contributed by atoms with Crippen LogP contribution in [0.2, 0.25) is 0 Å². The molecular formula is C23H22N2O4. The standard InChI is InChI=1S/C23H22N2O4/c1-15-21(16(2)25(24-15)19-7-5-4-6-8-19)13-14-22(26)18-9-11-20(12-10-18)29-17(3)23(27)28/h4-14,17H,1-3H3,(H,27,28)/b14-13+/t17-/m0/s1. The number of rotatable bonds is 7. The van der Waals surface area contributed by atoms with E-state index in [0.29, 0.717) is 11.3 Å². The second-order valence-corrected chi connectivity index (χ2v) is 6.65. The first kappa shape index (κ1) is 20.1. The van der Waals surface area contributed by atoms with Crippen LogP contribution in [-0.4, -0.2) is 32.7 Å². The van der Waals surface area contributed by atoms with Gasteiger partial charge in [-0.3, -0.25) is 4.79 Å². The summed E-state index contributed by atoms with van der Waals surface area (Å²) in [6.07, 6.45) is 2.34. The number of hydrogen-bond acceptors (Lipinski definition) is 4. The number of carbonyl (C=O) groups excluding carboxylic acids is 1. The average Bonchev–Trinajstić information content (AvgIpc) is 3.01. The number of nitrogens with zero attached hydrogens (tertiary/aromatic N) is 2. The zero-order valence-electron chi connectivity index (χ0n) is 16.5. The van der Waals surface area contributed by atoms with Crippen LogP contribution in [0.5, 0.6) is 5.75 Å². The molecule has 1 aromatic heterocycles. The lowest BCUT2D eigenvalue weighted by atomic mass is 10.1. The highest BCUT2D eigenvalue weighted by molar-refractivity contribution is 6.07. The SMILES string of the molecule is Cc1nn(-c2ccccc2)c(C)c1/C=C/C(=O)c1ccc(O[C@@H](C)C(=O)O)cc1. The van der Waals surface area contributed by atoms with Crippen LogP contribution >= 0.6 is 0 Å².